The lowest BCUT2D eigenvalue weighted by atomic mass is 10.2. The molecule has 20 heavy (non-hydrogen) atoms. The molecule has 0 bridgehead atoms. The molecule has 0 aromatic carbocycles. The standard InChI is InChI=1S/C14H19N5S/c1-4-16-14-17-12(11-6-7-20-13(11)18-14)19(5-2)9-10(3)8-15/h6-7,10H,4-5,9H2,1-3H3,(H,16,17,18). The second kappa shape index (κ2) is 6.53. The SMILES string of the molecule is CCNc1nc(N(CC)CC(C)C#N)c2ccsc2n1. The Balaban J connectivity index is 2.44. The maximum Gasteiger partial charge on any atom is 0.226 e. The number of nitrogens with one attached hydrogen (secondary N) is 1. The Morgan fingerprint density at radius 2 is 2.25 bits per heavy atom. The molecule has 1 N–H and O–H groups in total. The van der Waals surface area contributed by atoms with E-state index in [9.17, 15) is 0 Å². The number of nitriles is 1. The molecule has 106 valence electrons. The molecule has 0 radical (unpaired) electrons. The summed E-state index contributed by atoms with van der Waals surface area (Å²) in [6, 6.07) is 4.33. The molecule has 1 unspecified atom stereocenters. The van der Waals surface area contributed by atoms with E-state index in [-0.39, 0.29) is 5.92 Å². The van der Waals surface area contributed by atoms with Gasteiger partial charge in [0.1, 0.15) is 10.6 Å². The van der Waals surface area contributed by atoms with E-state index in [2.05, 4.69) is 33.2 Å². The van der Waals surface area contributed by atoms with Crippen LogP contribution < -0.4 is 10.2 Å². The zero-order valence-electron chi connectivity index (χ0n) is 12.1. The predicted molar refractivity (Wildman–Crippen MR) is 84.2 cm³/mol. The maximum absolute atomic E-state index is 9.02. The summed E-state index contributed by atoms with van der Waals surface area (Å²) in [7, 11) is 0. The molecule has 1 atom stereocenters. The molecule has 2 aromatic rings. The molecule has 0 spiro atoms. The summed E-state index contributed by atoms with van der Waals surface area (Å²) in [5.74, 6) is 1.54. The van der Waals surface area contributed by atoms with Gasteiger partial charge in [0.05, 0.1) is 17.4 Å². The van der Waals surface area contributed by atoms with E-state index in [4.69, 9.17) is 5.26 Å². The normalized spacial score (nSPS) is 12.1. The third-order valence-corrected chi connectivity index (χ3v) is 3.84. The van der Waals surface area contributed by atoms with Crippen LogP contribution in [0, 0.1) is 17.2 Å². The first kappa shape index (κ1) is 14.5. The lowest BCUT2D eigenvalue weighted by Crippen LogP contribution is -2.29. The summed E-state index contributed by atoms with van der Waals surface area (Å²) in [5.41, 5.74) is 0. The van der Waals surface area contributed by atoms with Crippen LogP contribution in [-0.2, 0) is 0 Å². The van der Waals surface area contributed by atoms with Crippen molar-refractivity contribution in [3.8, 4) is 6.07 Å². The summed E-state index contributed by atoms with van der Waals surface area (Å²) in [6.07, 6.45) is 0. The summed E-state index contributed by atoms with van der Waals surface area (Å²) in [4.78, 5) is 12.3. The molecule has 2 rings (SSSR count). The van der Waals surface area contributed by atoms with Gasteiger partial charge < -0.3 is 10.2 Å². The molecule has 0 saturated heterocycles. The molecule has 2 heterocycles. The Bertz CT molecular complexity index is 616. The van der Waals surface area contributed by atoms with Crippen LogP contribution in [-0.4, -0.2) is 29.6 Å². The van der Waals surface area contributed by atoms with Gasteiger partial charge in [-0.3, -0.25) is 0 Å². The number of rotatable bonds is 6. The van der Waals surface area contributed by atoms with Crippen molar-refractivity contribution in [1.82, 2.24) is 9.97 Å². The zero-order valence-corrected chi connectivity index (χ0v) is 12.9. The molecular formula is C14H19N5S. The predicted octanol–water partition coefficient (Wildman–Crippen LogP) is 3.11. The topological polar surface area (TPSA) is 64.8 Å². The Kier molecular flexibility index (Phi) is 4.74. The van der Waals surface area contributed by atoms with Gasteiger partial charge in [0.25, 0.3) is 0 Å². The molecule has 0 amide bonds. The van der Waals surface area contributed by atoms with Gasteiger partial charge in [-0.1, -0.05) is 0 Å². The van der Waals surface area contributed by atoms with Crippen molar-refractivity contribution >= 4 is 33.3 Å². The van der Waals surface area contributed by atoms with Crippen molar-refractivity contribution in [2.24, 2.45) is 5.92 Å². The van der Waals surface area contributed by atoms with Crippen molar-refractivity contribution in [3.05, 3.63) is 11.4 Å². The molecule has 0 aliphatic heterocycles. The number of aromatic nitrogens is 2. The fraction of sp³-hybridized carbons (Fsp3) is 0.500. The third-order valence-electron chi connectivity index (χ3n) is 3.04. The summed E-state index contributed by atoms with van der Waals surface area (Å²) >= 11 is 1.61. The van der Waals surface area contributed by atoms with Crippen molar-refractivity contribution in [2.75, 3.05) is 29.9 Å². The molecule has 2 aromatic heterocycles. The maximum atomic E-state index is 9.02. The van der Waals surface area contributed by atoms with Crippen LogP contribution in [0.15, 0.2) is 11.4 Å². The summed E-state index contributed by atoms with van der Waals surface area (Å²) < 4.78 is 0. The number of anilines is 2. The van der Waals surface area contributed by atoms with Gasteiger partial charge in [-0.25, -0.2) is 4.98 Å². The fourth-order valence-corrected chi connectivity index (χ4v) is 2.81. The average molecular weight is 289 g/mol. The molecule has 5 nitrogen and oxygen atoms in total. The minimum absolute atomic E-state index is 0.0267. The zero-order chi connectivity index (χ0) is 14.5. The van der Waals surface area contributed by atoms with E-state index in [0.717, 1.165) is 29.1 Å². The Labute approximate surface area is 123 Å². The van der Waals surface area contributed by atoms with Crippen LogP contribution in [0.1, 0.15) is 20.8 Å². The van der Waals surface area contributed by atoms with E-state index < -0.39 is 0 Å². The molecule has 0 aliphatic carbocycles. The van der Waals surface area contributed by atoms with Gasteiger partial charge in [0.2, 0.25) is 5.95 Å². The lowest BCUT2D eigenvalue weighted by Gasteiger charge is -2.24. The Morgan fingerprint density at radius 1 is 1.45 bits per heavy atom. The minimum Gasteiger partial charge on any atom is -0.355 e. The van der Waals surface area contributed by atoms with Crippen molar-refractivity contribution in [1.29, 1.82) is 5.26 Å². The van der Waals surface area contributed by atoms with Crippen LogP contribution in [0.3, 0.4) is 0 Å². The fourth-order valence-electron chi connectivity index (χ4n) is 2.05. The highest BCUT2D eigenvalue weighted by atomic mass is 32.1. The van der Waals surface area contributed by atoms with Gasteiger partial charge in [0.15, 0.2) is 0 Å². The number of hydrogen-bond acceptors (Lipinski definition) is 6. The second-order valence-electron chi connectivity index (χ2n) is 4.61. The van der Waals surface area contributed by atoms with Crippen LogP contribution in [0.4, 0.5) is 11.8 Å². The number of thiophene rings is 1. The van der Waals surface area contributed by atoms with E-state index in [1.54, 1.807) is 11.3 Å². The first-order valence-corrected chi connectivity index (χ1v) is 7.71. The second-order valence-corrected chi connectivity index (χ2v) is 5.50. The van der Waals surface area contributed by atoms with Crippen LogP contribution in [0.5, 0.6) is 0 Å². The highest BCUT2D eigenvalue weighted by Gasteiger charge is 2.16. The quantitative estimate of drug-likeness (QED) is 0.885. The molecule has 0 aliphatic rings. The first-order chi connectivity index (χ1) is 9.69. The number of hydrogen-bond donors (Lipinski definition) is 1. The molecule has 0 saturated carbocycles. The highest BCUT2D eigenvalue weighted by molar-refractivity contribution is 7.16. The monoisotopic (exact) mass is 289 g/mol. The van der Waals surface area contributed by atoms with Gasteiger partial charge in [-0.15, -0.1) is 11.3 Å². The summed E-state index contributed by atoms with van der Waals surface area (Å²) in [6.45, 7) is 8.32. The largest absolute Gasteiger partial charge is 0.355 e. The van der Waals surface area contributed by atoms with E-state index in [0.29, 0.717) is 12.5 Å². The Morgan fingerprint density at radius 3 is 2.90 bits per heavy atom. The van der Waals surface area contributed by atoms with Crippen LogP contribution >= 0.6 is 11.3 Å². The first-order valence-electron chi connectivity index (χ1n) is 6.83. The minimum atomic E-state index is -0.0267. The van der Waals surface area contributed by atoms with E-state index in [1.165, 1.54) is 0 Å². The molecule has 0 fully saturated rings. The van der Waals surface area contributed by atoms with Crippen LogP contribution in [0.25, 0.3) is 10.2 Å². The Hall–Kier alpha value is -1.87. The van der Waals surface area contributed by atoms with Crippen molar-refractivity contribution in [3.63, 3.8) is 0 Å². The highest BCUT2D eigenvalue weighted by Crippen LogP contribution is 2.29. The van der Waals surface area contributed by atoms with Crippen molar-refractivity contribution in [2.45, 2.75) is 20.8 Å². The van der Waals surface area contributed by atoms with Gasteiger partial charge in [-0.05, 0) is 32.2 Å². The lowest BCUT2D eigenvalue weighted by molar-refractivity contribution is 0.681. The van der Waals surface area contributed by atoms with E-state index >= 15 is 0 Å². The molecule has 6 heteroatoms. The van der Waals surface area contributed by atoms with Gasteiger partial charge >= 0.3 is 0 Å². The van der Waals surface area contributed by atoms with Crippen LogP contribution in [0.2, 0.25) is 0 Å². The van der Waals surface area contributed by atoms with E-state index in [1.807, 2.05) is 25.3 Å². The number of nitrogens with zero attached hydrogens (tertiary/aromatic N) is 4. The number of fused-ring (bicyclic) bond motifs is 1. The molecular weight excluding hydrogens is 270 g/mol. The third kappa shape index (κ3) is 2.99. The van der Waals surface area contributed by atoms with Gasteiger partial charge in [0, 0.05) is 19.6 Å². The smallest absolute Gasteiger partial charge is 0.226 e. The van der Waals surface area contributed by atoms with Gasteiger partial charge in [-0.2, -0.15) is 10.2 Å². The van der Waals surface area contributed by atoms with Crippen molar-refractivity contribution < 1.29 is 0 Å². The summed E-state index contributed by atoms with van der Waals surface area (Å²) in [5, 5.41) is 15.3. The average Bonchev–Trinajstić information content (AvgIpc) is 2.92.